The van der Waals surface area contributed by atoms with Gasteiger partial charge in [0.25, 0.3) is 0 Å². The smallest absolute Gasteiger partial charge is 0.549 e. The fraction of sp³-hybridized carbons (Fsp3) is 0.417. The summed E-state index contributed by atoms with van der Waals surface area (Å²) in [7, 11) is 0. The van der Waals surface area contributed by atoms with Gasteiger partial charge >= 0.3 is 29.6 Å². The average Bonchev–Trinajstić information content (AvgIpc) is 2.66. The predicted octanol–water partition coefficient (Wildman–Crippen LogP) is -1.77. The van der Waals surface area contributed by atoms with Gasteiger partial charge in [-0.25, -0.2) is 0 Å². The quantitative estimate of drug-likeness (QED) is 0.605. The number of carbonyl (C=O) groups is 1. The van der Waals surface area contributed by atoms with Gasteiger partial charge in [0.05, 0.1) is 5.97 Å². The summed E-state index contributed by atoms with van der Waals surface area (Å²) in [6.07, 6.45) is 2.02. The molecule has 5 heteroatoms. The van der Waals surface area contributed by atoms with E-state index in [1.54, 1.807) is 0 Å². The number of likely N-dealkylation sites (tertiary alicyclic amines) is 1. The zero-order valence-electron chi connectivity index (χ0n) is 9.86. The van der Waals surface area contributed by atoms with Crippen LogP contribution in [0.25, 0.3) is 0 Å². The van der Waals surface area contributed by atoms with Crippen molar-refractivity contribution in [3.8, 4) is 0 Å². The molecule has 0 N–H and O–H groups in total. The summed E-state index contributed by atoms with van der Waals surface area (Å²) < 4.78 is 0. The van der Waals surface area contributed by atoms with E-state index in [-0.39, 0.29) is 42.1 Å². The second-order valence-corrected chi connectivity index (χ2v) is 4.49. The summed E-state index contributed by atoms with van der Waals surface area (Å²) in [6, 6.07) is 7.79. The first kappa shape index (κ1) is 15.0. The molecule has 3 nitrogen and oxygen atoms in total. The summed E-state index contributed by atoms with van der Waals surface area (Å²) in [6.45, 7) is 0.828. The molecule has 0 aromatic heterocycles. The molecule has 0 spiro atoms. The summed E-state index contributed by atoms with van der Waals surface area (Å²) in [5, 5.41) is 11.3. The van der Waals surface area contributed by atoms with Crippen molar-refractivity contribution in [1.29, 1.82) is 0 Å². The molecular weight excluding hydrogens is 249 g/mol. The number of aliphatic carboxylic acids is 1. The van der Waals surface area contributed by atoms with E-state index in [9.17, 15) is 9.90 Å². The average molecular weight is 262 g/mol. The molecule has 0 bridgehead atoms. The summed E-state index contributed by atoms with van der Waals surface area (Å²) >= 11 is 5.82. The van der Waals surface area contributed by atoms with E-state index in [1.807, 2.05) is 29.2 Å². The fourth-order valence-electron chi connectivity index (χ4n) is 2.24. The van der Waals surface area contributed by atoms with Crippen molar-refractivity contribution >= 4 is 17.6 Å². The van der Waals surface area contributed by atoms with Crippen LogP contribution < -0.4 is 34.7 Å². The van der Waals surface area contributed by atoms with Crippen LogP contribution >= 0.6 is 11.6 Å². The van der Waals surface area contributed by atoms with Gasteiger partial charge in [0, 0.05) is 17.6 Å². The third-order valence-corrected chi connectivity index (χ3v) is 3.20. The molecule has 17 heavy (non-hydrogen) atoms. The normalized spacial score (nSPS) is 19.9. The number of nitrogens with zero attached hydrogens (tertiary/aromatic N) is 1. The first-order chi connectivity index (χ1) is 7.66. The SMILES string of the molecule is O=C([O-])CN1CCCC1c1ccc(Cl)cc1.[Na+]. The molecule has 0 amide bonds. The van der Waals surface area contributed by atoms with Crippen LogP contribution in [0.5, 0.6) is 0 Å². The van der Waals surface area contributed by atoms with Gasteiger partial charge < -0.3 is 9.90 Å². The number of halogens is 1. The standard InChI is InChI=1S/C12H14ClNO2.Na/c13-10-5-3-9(4-6-10)11-2-1-7-14(11)8-12(15)16;/h3-6,11H,1-2,7-8H2,(H,15,16);/q;+1/p-1. The third kappa shape index (κ3) is 3.97. The van der Waals surface area contributed by atoms with Crippen molar-refractivity contribution < 1.29 is 39.5 Å². The minimum Gasteiger partial charge on any atom is -0.549 e. The maximum absolute atomic E-state index is 10.6. The molecule has 1 unspecified atom stereocenters. The van der Waals surface area contributed by atoms with Crippen LogP contribution in [-0.2, 0) is 4.79 Å². The number of hydrogen-bond acceptors (Lipinski definition) is 3. The van der Waals surface area contributed by atoms with Crippen molar-refractivity contribution in [3.05, 3.63) is 34.9 Å². The zero-order valence-corrected chi connectivity index (χ0v) is 12.6. The molecule has 1 aliphatic heterocycles. The second kappa shape index (κ2) is 6.76. The number of rotatable bonds is 3. The van der Waals surface area contributed by atoms with Crippen LogP contribution in [0.15, 0.2) is 24.3 Å². The van der Waals surface area contributed by atoms with Gasteiger partial charge in [0.15, 0.2) is 0 Å². The number of carbonyl (C=O) groups excluding carboxylic acids is 1. The Hall–Kier alpha value is -0.0600. The Morgan fingerprint density at radius 3 is 2.65 bits per heavy atom. The van der Waals surface area contributed by atoms with Crippen LogP contribution in [0.2, 0.25) is 5.02 Å². The van der Waals surface area contributed by atoms with Gasteiger partial charge in [-0.3, -0.25) is 4.90 Å². The van der Waals surface area contributed by atoms with Crippen LogP contribution in [0.3, 0.4) is 0 Å². The van der Waals surface area contributed by atoms with E-state index in [2.05, 4.69) is 0 Å². The number of carboxylic acids is 1. The number of carboxylic acid groups (broad SMARTS) is 1. The topological polar surface area (TPSA) is 43.4 Å². The first-order valence-corrected chi connectivity index (χ1v) is 5.74. The number of hydrogen-bond donors (Lipinski definition) is 0. The van der Waals surface area contributed by atoms with Crippen LogP contribution in [0.4, 0.5) is 0 Å². The monoisotopic (exact) mass is 261 g/mol. The Morgan fingerprint density at radius 2 is 2.06 bits per heavy atom. The van der Waals surface area contributed by atoms with E-state index in [0.717, 1.165) is 24.9 Å². The molecule has 1 aromatic rings. The Kier molecular flexibility index (Phi) is 5.97. The Bertz CT molecular complexity index is 383. The molecule has 0 aliphatic carbocycles. The summed E-state index contributed by atoms with van der Waals surface area (Å²) in [5.74, 6) is -1.01. The van der Waals surface area contributed by atoms with Gasteiger partial charge in [-0.1, -0.05) is 23.7 Å². The molecule has 1 saturated heterocycles. The minimum atomic E-state index is -1.01. The first-order valence-electron chi connectivity index (χ1n) is 5.36. The predicted molar refractivity (Wildman–Crippen MR) is 60.0 cm³/mol. The van der Waals surface area contributed by atoms with E-state index >= 15 is 0 Å². The second-order valence-electron chi connectivity index (χ2n) is 4.05. The third-order valence-electron chi connectivity index (χ3n) is 2.95. The van der Waals surface area contributed by atoms with Crippen LogP contribution in [-0.4, -0.2) is 24.0 Å². The van der Waals surface area contributed by atoms with Crippen molar-refractivity contribution in [2.75, 3.05) is 13.1 Å². The van der Waals surface area contributed by atoms with Gasteiger partial charge in [0.1, 0.15) is 0 Å². The van der Waals surface area contributed by atoms with E-state index < -0.39 is 5.97 Å². The van der Waals surface area contributed by atoms with Crippen LogP contribution in [0, 0.1) is 0 Å². The Balaban J connectivity index is 0.00000144. The molecule has 1 aliphatic rings. The molecule has 1 heterocycles. The summed E-state index contributed by atoms with van der Waals surface area (Å²) in [4.78, 5) is 12.6. The van der Waals surface area contributed by atoms with Crippen molar-refractivity contribution in [3.63, 3.8) is 0 Å². The molecule has 1 fully saturated rings. The Morgan fingerprint density at radius 1 is 1.41 bits per heavy atom. The van der Waals surface area contributed by atoms with E-state index in [4.69, 9.17) is 11.6 Å². The van der Waals surface area contributed by atoms with E-state index in [1.165, 1.54) is 0 Å². The van der Waals surface area contributed by atoms with Crippen molar-refractivity contribution in [1.82, 2.24) is 4.90 Å². The summed E-state index contributed by atoms with van der Waals surface area (Å²) in [5.41, 5.74) is 1.13. The molecular formula is C12H13ClNNaO2. The number of benzene rings is 1. The zero-order chi connectivity index (χ0) is 11.5. The minimum absolute atomic E-state index is 0. The Labute approximate surface area is 128 Å². The molecule has 1 atom stereocenters. The van der Waals surface area contributed by atoms with Gasteiger partial charge in [-0.05, 0) is 37.1 Å². The molecule has 86 valence electrons. The van der Waals surface area contributed by atoms with Gasteiger partial charge in [-0.15, -0.1) is 0 Å². The molecule has 1 aromatic carbocycles. The van der Waals surface area contributed by atoms with Crippen molar-refractivity contribution in [2.24, 2.45) is 0 Å². The van der Waals surface area contributed by atoms with Crippen molar-refractivity contribution in [2.45, 2.75) is 18.9 Å². The van der Waals surface area contributed by atoms with Crippen LogP contribution in [0.1, 0.15) is 24.4 Å². The maximum atomic E-state index is 10.6. The largest absolute Gasteiger partial charge is 1.00 e. The molecule has 0 radical (unpaired) electrons. The molecule has 0 saturated carbocycles. The fourth-order valence-corrected chi connectivity index (χ4v) is 2.37. The van der Waals surface area contributed by atoms with Gasteiger partial charge in [0.2, 0.25) is 0 Å². The maximum Gasteiger partial charge on any atom is 1.00 e. The molecule has 2 rings (SSSR count). The van der Waals surface area contributed by atoms with E-state index in [0.29, 0.717) is 5.02 Å². The van der Waals surface area contributed by atoms with Gasteiger partial charge in [-0.2, -0.15) is 0 Å².